The van der Waals surface area contributed by atoms with Crippen LogP contribution in [0.15, 0.2) is 110 Å². The zero-order chi connectivity index (χ0) is 38.7. The Balaban J connectivity index is 1.55. The summed E-state index contributed by atoms with van der Waals surface area (Å²) in [5.74, 6) is -2.22. The van der Waals surface area contributed by atoms with E-state index in [4.69, 9.17) is 9.47 Å². The average molecular weight is 743 g/mol. The first-order valence-electron chi connectivity index (χ1n) is 17.9. The number of amides is 4. The lowest BCUT2D eigenvalue weighted by Gasteiger charge is -2.31. The lowest BCUT2D eigenvalue weighted by Crippen LogP contribution is -2.55. The second-order valence-corrected chi connectivity index (χ2v) is 12.5. The lowest BCUT2D eigenvalue weighted by molar-refractivity contribution is -0.139. The number of nitrogens with zero attached hydrogens (tertiary/aromatic N) is 3. The van der Waals surface area contributed by atoms with Gasteiger partial charge in [0.2, 0.25) is 17.8 Å². The van der Waals surface area contributed by atoms with Crippen molar-refractivity contribution in [2.75, 3.05) is 26.2 Å². The van der Waals surface area contributed by atoms with Crippen LogP contribution in [0.3, 0.4) is 0 Å². The maximum atomic E-state index is 15.7. The number of aromatic nitrogens is 1. The van der Waals surface area contributed by atoms with E-state index in [1.165, 1.54) is 40.3 Å². The van der Waals surface area contributed by atoms with Gasteiger partial charge in [0.25, 0.3) is 0 Å². The van der Waals surface area contributed by atoms with Gasteiger partial charge in [-0.3, -0.25) is 15.0 Å². The van der Waals surface area contributed by atoms with Crippen molar-refractivity contribution in [3.05, 3.63) is 144 Å². The second kappa shape index (κ2) is 21.8. The number of hydrogen-bond donors (Lipinski definition) is 3. The Morgan fingerprint density at radius 3 is 2.30 bits per heavy atom. The topological polar surface area (TPSA) is 125 Å². The SMILES string of the molecule is C=CCN(CC(=O)N[C@@H](Cc1ccc(OCc2ccccc2)cc1F)C(=O)N(Cc1cccc(F)n1)CC(CC)OCC)NC(=O)NCc1ccccc1. The fraction of sp³-hybridized carbons (Fsp3) is 0.317. The molecule has 13 heteroatoms. The van der Waals surface area contributed by atoms with Crippen molar-refractivity contribution in [2.24, 2.45) is 0 Å². The minimum Gasteiger partial charge on any atom is -0.489 e. The quantitative estimate of drug-likeness (QED) is 0.0568. The lowest BCUT2D eigenvalue weighted by atomic mass is 10.0. The molecular weight excluding hydrogens is 694 g/mol. The summed E-state index contributed by atoms with van der Waals surface area (Å²) in [7, 11) is 0. The summed E-state index contributed by atoms with van der Waals surface area (Å²) < 4.78 is 41.5. The molecule has 54 heavy (non-hydrogen) atoms. The molecule has 0 saturated carbocycles. The van der Waals surface area contributed by atoms with Crippen LogP contribution in [0.2, 0.25) is 0 Å². The van der Waals surface area contributed by atoms with Gasteiger partial charge in [-0.25, -0.2) is 19.2 Å². The van der Waals surface area contributed by atoms with Crippen LogP contribution in [0.4, 0.5) is 13.6 Å². The second-order valence-electron chi connectivity index (χ2n) is 12.5. The summed E-state index contributed by atoms with van der Waals surface area (Å²) >= 11 is 0. The molecule has 2 atom stereocenters. The number of urea groups is 1. The molecule has 0 aliphatic carbocycles. The van der Waals surface area contributed by atoms with Gasteiger partial charge in [-0.15, -0.1) is 6.58 Å². The zero-order valence-corrected chi connectivity index (χ0v) is 30.7. The number of ether oxygens (including phenoxy) is 2. The summed E-state index contributed by atoms with van der Waals surface area (Å²) in [6.07, 6.45) is 1.48. The summed E-state index contributed by atoms with van der Waals surface area (Å²) in [5.41, 5.74) is 4.88. The Kier molecular flexibility index (Phi) is 16.6. The highest BCUT2D eigenvalue weighted by atomic mass is 19.1. The van der Waals surface area contributed by atoms with Gasteiger partial charge < -0.3 is 25.0 Å². The first-order valence-corrected chi connectivity index (χ1v) is 17.9. The molecule has 0 fully saturated rings. The third-order valence-electron chi connectivity index (χ3n) is 8.29. The minimum absolute atomic E-state index is 0.0903. The number of halogens is 2. The first kappa shape index (κ1) is 41.1. The predicted molar refractivity (Wildman–Crippen MR) is 202 cm³/mol. The van der Waals surface area contributed by atoms with Crippen LogP contribution in [0.5, 0.6) is 5.75 Å². The van der Waals surface area contributed by atoms with Crippen LogP contribution < -0.4 is 20.8 Å². The molecule has 4 rings (SSSR count). The average Bonchev–Trinajstić information content (AvgIpc) is 3.17. The van der Waals surface area contributed by atoms with Gasteiger partial charge in [0.1, 0.15) is 24.2 Å². The smallest absolute Gasteiger partial charge is 0.329 e. The van der Waals surface area contributed by atoms with E-state index in [1.54, 1.807) is 12.1 Å². The molecule has 1 unspecified atom stereocenters. The Labute approximate surface area is 315 Å². The summed E-state index contributed by atoms with van der Waals surface area (Å²) in [6, 6.07) is 25.6. The molecule has 11 nitrogen and oxygen atoms in total. The molecule has 4 aromatic rings. The van der Waals surface area contributed by atoms with Crippen molar-refractivity contribution in [3.8, 4) is 5.75 Å². The molecule has 3 aromatic carbocycles. The maximum absolute atomic E-state index is 15.7. The molecule has 0 spiro atoms. The van der Waals surface area contributed by atoms with E-state index in [2.05, 4.69) is 27.6 Å². The largest absolute Gasteiger partial charge is 0.489 e. The summed E-state index contributed by atoms with van der Waals surface area (Å²) in [6.45, 7) is 8.13. The number of hydrazine groups is 1. The molecular formula is C41H48F2N6O5. The Morgan fingerprint density at radius 1 is 0.926 bits per heavy atom. The third kappa shape index (κ3) is 13.7. The highest BCUT2D eigenvalue weighted by Gasteiger charge is 2.30. The molecule has 4 amide bonds. The fourth-order valence-corrected chi connectivity index (χ4v) is 5.59. The van der Waals surface area contributed by atoms with Crippen molar-refractivity contribution < 1.29 is 32.6 Å². The molecule has 0 radical (unpaired) electrons. The summed E-state index contributed by atoms with van der Waals surface area (Å²) in [4.78, 5) is 46.2. The van der Waals surface area contributed by atoms with E-state index >= 15 is 4.39 Å². The normalized spacial score (nSPS) is 12.0. The van der Waals surface area contributed by atoms with E-state index in [1.807, 2.05) is 74.5 Å². The van der Waals surface area contributed by atoms with Crippen molar-refractivity contribution in [1.29, 1.82) is 0 Å². The zero-order valence-electron chi connectivity index (χ0n) is 30.7. The number of carbonyl (C=O) groups excluding carboxylic acids is 3. The highest BCUT2D eigenvalue weighted by Crippen LogP contribution is 2.21. The van der Waals surface area contributed by atoms with Crippen molar-refractivity contribution in [1.82, 2.24) is 31.0 Å². The molecule has 286 valence electrons. The molecule has 3 N–H and O–H groups in total. The van der Waals surface area contributed by atoms with E-state index in [0.717, 1.165) is 11.1 Å². The number of carbonyl (C=O) groups is 3. The van der Waals surface area contributed by atoms with Crippen molar-refractivity contribution in [3.63, 3.8) is 0 Å². The minimum atomic E-state index is -1.27. The molecule has 1 aromatic heterocycles. The molecule has 0 aliphatic heterocycles. The molecule has 1 heterocycles. The number of nitrogens with one attached hydrogen (secondary N) is 3. The Morgan fingerprint density at radius 2 is 1.65 bits per heavy atom. The van der Waals surface area contributed by atoms with Crippen LogP contribution in [0, 0.1) is 11.8 Å². The van der Waals surface area contributed by atoms with Gasteiger partial charge in [-0.1, -0.05) is 85.8 Å². The van der Waals surface area contributed by atoms with E-state index in [0.29, 0.717) is 18.8 Å². The number of rotatable bonds is 21. The van der Waals surface area contributed by atoms with Crippen molar-refractivity contribution in [2.45, 2.75) is 58.5 Å². The van der Waals surface area contributed by atoms with Gasteiger partial charge in [-0.2, -0.15) is 4.39 Å². The van der Waals surface area contributed by atoms with Crippen LogP contribution in [0.1, 0.15) is 42.7 Å². The van der Waals surface area contributed by atoms with E-state index < -0.39 is 35.7 Å². The Hall–Kier alpha value is -5.66. The van der Waals surface area contributed by atoms with Crippen LogP contribution in [-0.2, 0) is 40.4 Å². The standard InChI is InChI=1S/C41H48F2N6O5/c1-4-22-49(47-41(52)44-25-30-14-9-7-10-15-30)28-39(50)46-37(23-32-20-21-35(24-36(32)42)54-29-31-16-11-8-12-17-31)40(51)48(27-34(5-2)53-6-3)26-33-18-13-19-38(43)45-33/h4,7-21,24,34,37H,1,5-6,22-23,25-29H2,2-3H3,(H,46,50)(H2,44,47,52)/t34?,37-/m0/s1. The molecule has 0 aliphatic rings. The molecule has 0 bridgehead atoms. The third-order valence-corrected chi connectivity index (χ3v) is 8.29. The molecule has 0 saturated heterocycles. The number of benzene rings is 3. The number of pyridine rings is 1. The number of hydrogen-bond acceptors (Lipinski definition) is 7. The van der Waals surface area contributed by atoms with Gasteiger partial charge in [-0.05, 0) is 48.2 Å². The Bertz CT molecular complexity index is 1800. The summed E-state index contributed by atoms with van der Waals surface area (Å²) in [5, 5.41) is 6.84. The van der Waals surface area contributed by atoms with E-state index in [9.17, 15) is 18.8 Å². The van der Waals surface area contributed by atoms with Gasteiger partial charge in [0, 0.05) is 38.7 Å². The van der Waals surface area contributed by atoms with Crippen LogP contribution in [0.25, 0.3) is 0 Å². The van der Waals surface area contributed by atoms with E-state index in [-0.39, 0.29) is 63.1 Å². The van der Waals surface area contributed by atoms with Gasteiger partial charge >= 0.3 is 6.03 Å². The van der Waals surface area contributed by atoms with Crippen LogP contribution >= 0.6 is 0 Å². The first-order chi connectivity index (χ1) is 26.2. The van der Waals surface area contributed by atoms with Gasteiger partial charge in [0.15, 0.2) is 0 Å². The van der Waals surface area contributed by atoms with Gasteiger partial charge in [0.05, 0.1) is 24.9 Å². The van der Waals surface area contributed by atoms with Crippen LogP contribution in [-0.4, -0.2) is 71.1 Å². The highest BCUT2D eigenvalue weighted by molar-refractivity contribution is 5.89. The monoisotopic (exact) mass is 742 g/mol. The predicted octanol–water partition coefficient (Wildman–Crippen LogP) is 5.71. The van der Waals surface area contributed by atoms with Crippen molar-refractivity contribution >= 4 is 17.8 Å². The maximum Gasteiger partial charge on any atom is 0.329 e. The fourth-order valence-electron chi connectivity index (χ4n) is 5.59.